The molecule has 0 bridgehead atoms. The maximum atomic E-state index is 13.3. The van der Waals surface area contributed by atoms with Gasteiger partial charge >= 0.3 is 5.97 Å². The summed E-state index contributed by atoms with van der Waals surface area (Å²) in [6, 6.07) is 11.3. The van der Waals surface area contributed by atoms with Gasteiger partial charge in [-0.15, -0.1) is 0 Å². The first-order valence-corrected chi connectivity index (χ1v) is 6.93. The van der Waals surface area contributed by atoms with E-state index in [2.05, 4.69) is 5.32 Å². The van der Waals surface area contributed by atoms with Gasteiger partial charge in [0.25, 0.3) is 0 Å². The highest BCUT2D eigenvalue weighted by molar-refractivity contribution is 6.30. The number of anilines is 1. The Balaban J connectivity index is 2.14. The highest BCUT2D eigenvalue weighted by Gasteiger charge is 2.11. The molecule has 0 spiro atoms. The summed E-state index contributed by atoms with van der Waals surface area (Å²) < 4.78 is 18.3. The highest BCUT2D eigenvalue weighted by atomic mass is 35.5. The molecule has 2 aromatic rings. The van der Waals surface area contributed by atoms with E-state index in [1.807, 2.05) is 6.07 Å². The van der Waals surface area contributed by atoms with E-state index < -0.39 is 11.8 Å². The lowest BCUT2D eigenvalue weighted by Crippen LogP contribution is -2.09. The number of halogens is 2. The van der Waals surface area contributed by atoms with Crippen LogP contribution < -0.4 is 5.32 Å². The minimum Gasteiger partial charge on any atom is -0.462 e. The Morgan fingerprint density at radius 3 is 2.76 bits per heavy atom. The number of hydrogen-bond donors (Lipinski definition) is 1. The number of benzene rings is 2. The zero-order valence-electron chi connectivity index (χ0n) is 11.5. The second-order valence-electron chi connectivity index (χ2n) is 4.40. The molecular weight excluding hydrogens is 293 g/mol. The standard InChI is InChI=1S/C16H15ClFNO2/c1-2-21-16(20)14-5-3-4-6-15(14)19-10-11-7-12(17)9-13(18)8-11/h3-9,19H,2,10H2,1H3. The normalized spacial score (nSPS) is 10.2. The molecule has 0 aliphatic heterocycles. The smallest absolute Gasteiger partial charge is 0.340 e. The van der Waals surface area contributed by atoms with E-state index in [-0.39, 0.29) is 0 Å². The molecule has 2 aromatic carbocycles. The highest BCUT2D eigenvalue weighted by Crippen LogP contribution is 2.19. The van der Waals surface area contributed by atoms with Gasteiger partial charge in [-0.1, -0.05) is 23.7 Å². The minimum absolute atomic E-state index is 0.312. The molecule has 0 saturated carbocycles. The largest absolute Gasteiger partial charge is 0.462 e. The molecule has 110 valence electrons. The Labute approximate surface area is 127 Å². The molecule has 21 heavy (non-hydrogen) atoms. The van der Waals surface area contributed by atoms with Crippen LogP contribution >= 0.6 is 11.6 Å². The Morgan fingerprint density at radius 1 is 1.29 bits per heavy atom. The zero-order chi connectivity index (χ0) is 15.2. The van der Waals surface area contributed by atoms with Gasteiger partial charge in [-0.25, -0.2) is 9.18 Å². The number of nitrogens with one attached hydrogen (secondary N) is 1. The predicted octanol–water partition coefficient (Wildman–Crippen LogP) is 4.27. The van der Waals surface area contributed by atoms with Gasteiger partial charge in [0.05, 0.1) is 12.2 Å². The zero-order valence-corrected chi connectivity index (χ0v) is 12.3. The number of rotatable bonds is 5. The van der Waals surface area contributed by atoms with E-state index in [1.54, 1.807) is 31.2 Å². The van der Waals surface area contributed by atoms with Crippen molar-refractivity contribution in [3.63, 3.8) is 0 Å². The van der Waals surface area contributed by atoms with E-state index in [0.717, 1.165) is 0 Å². The van der Waals surface area contributed by atoms with Gasteiger partial charge in [0.1, 0.15) is 5.82 Å². The molecule has 0 fully saturated rings. The molecule has 0 unspecified atom stereocenters. The van der Waals surface area contributed by atoms with Gasteiger partial charge in [0.15, 0.2) is 0 Å². The number of esters is 1. The summed E-state index contributed by atoms with van der Waals surface area (Å²) in [4.78, 5) is 11.8. The molecule has 5 heteroatoms. The van der Waals surface area contributed by atoms with Crippen LogP contribution in [-0.2, 0) is 11.3 Å². The van der Waals surface area contributed by atoms with Crippen molar-refractivity contribution >= 4 is 23.3 Å². The van der Waals surface area contributed by atoms with Gasteiger partial charge in [0, 0.05) is 17.3 Å². The number of carbonyl (C=O) groups excluding carboxylic acids is 1. The summed E-state index contributed by atoms with van der Waals surface area (Å²) in [7, 11) is 0. The first-order valence-electron chi connectivity index (χ1n) is 6.55. The van der Waals surface area contributed by atoms with Crippen LogP contribution in [0.1, 0.15) is 22.8 Å². The molecular formula is C16H15ClFNO2. The van der Waals surface area contributed by atoms with Crippen LogP contribution in [0.15, 0.2) is 42.5 Å². The van der Waals surface area contributed by atoms with Crippen LogP contribution in [-0.4, -0.2) is 12.6 Å². The van der Waals surface area contributed by atoms with Gasteiger partial charge in [0.2, 0.25) is 0 Å². The van der Waals surface area contributed by atoms with Crippen molar-refractivity contribution in [2.24, 2.45) is 0 Å². The average molecular weight is 308 g/mol. The quantitative estimate of drug-likeness (QED) is 0.838. The fourth-order valence-electron chi connectivity index (χ4n) is 1.93. The first-order chi connectivity index (χ1) is 10.1. The van der Waals surface area contributed by atoms with E-state index in [4.69, 9.17) is 16.3 Å². The molecule has 0 aliphatic carbocycles. The van der Waals surface area contributed by atoms with E-state index in [0.29, 0.717) is 35.0 Å². The van der Waals surface area contributed by atoms with Crippen molar-refractivity contribution in [3.05, 3.63) is 64.4 Å². The molecule has 0 aliphatic rings. The molecule has 1 N–H and O–H groups in total. The summed E-state index contributed by atoms with van der Waals surface area (Å²) in [5.74, 6) is -0.782. The minimum atomic E-state index is -0.391. The summed E-state index contributed by atoms with van der Waals surface area (Å²) in [6.45, 7) is 2.42. The second-order valence-corrected chi connectivity index (χ2v) is 4.83. The number of para-hydroxylation sites is 1. The summed E-state index contributed by atoms with van der Waals surface area (Å²) in [5.41, 5.74) is 1.77. The SMILES string of the molecule is CCOC(=O)c1ccccc1NCc1cc(F)cc(Cl)c1. The lowest BCUT2D eigenvalue weighted by Gasteiger charge is -2.11. The van der Waals surface area contributed by atoms with Crippen molar-refractivity contribution in [2.45, 2.75) is 13.5 Å². The third-order valence-corrected chi connectivity index (χ3v) is 3.05. The number of hydrogen-bond acceptors (Lipinski definition) is 3. The fraction of sp³-hybridized carbons (Fsp3) is 0.188. The summed E-state index contributed by atoms with van der Waals surface area (Å²) >= 11 is 5.81. The van der Waals surface area contributed by atoms with Crippen LogP contribution in [0.4, 0.5) is 10.1 Å². The lowest BCUT2D eigenvalue weighted by molar-refractivity contribution is 0.0527. The van der Waals surface area contributed by atoms with Gasteiger partial charge < -0.3 is 10.1 Å². The Kier molecular flexibility index (Phi) is 5.17. The molecule has 0 aromatic heterocycles. The topological polar surface area (TPSA) is 38.3 Å². The Hall–Kier alpha value is -2.07. The van der Waals surface area contributed by atoms with Crippen LogP contribution in [0.2, 0.25) is 5.02 Å². The van der Waals surface area contributed by atoms with Crippen molar-refractivity contribution in [3.8, 4) is 0 Å². The first kappa shape index (κ1) is 15.3. The van der Waals surface area contributed by atoms with Gasteiger partial charge in [-0.2, -0.15) is 0 Å². The maximum absolute atomic E-state index is 13.3. The van der Waals surface area contributed by atoms with Crippen molar-refractivity contribution in [1.29, 1.82) is 0 Å². The molecule has 0 atom stereocenters. The van der Waals surface area contributed by atoms with E-state index in [1.165, 1.54) is 12.1 Å². The van der Waals surface area contributed by atoms with Crippen molar-refractivity contribution in [1.82, 2.24) is 0 Å². The van der Waals surface area contributed by atoms with Crippen molar-refractivity contribution < 1.29 is 13.9 Å². The molecule has 0 heterocycles. The van der Waals surface area contributed by atoms with Crippen LogP contribution in [0, 0.1) is 5.82 Å². The Morgan fingerprint density at radius 2 is 2.05 bits per heavy atom. The lowest BCUT2D eigenvalue weighted by atomic mass is 10.1. The predicted molar refractivity (Wildman–Crippen MR) is 81.1 cm³/mol. The maximum Gasteiger partial charge on any atom is 0.340 e. The summed E-state index contributed by atoms with van der Waals surface area (Å²) in [5, 5.41) is 3.44. The summed E-state index contributed by atoms with van der Waals surface area (Å²) in [6.07, 6.45) is 0. The number of ether oxygens (including phenoxy) is 1. The monoisotopic (exact) mass is 307 g/mol. The fourth-order valence-corrected chi connectivity index (χ4v) is 2.18. The molecule has 2 rings (SSSR count). The molecule has 0 saturated heterocycles. The third-order valence-electron chi connectivity index (χ3n) is 2.83. The van der Waals surface area contributed by atoms with Crippen molar-refractivity contribution in [2.75, 3.05) is 11.9 Å². The molecule has 0 amide bonds. The van der Waals surface area contributed by atoms with Crippen LogP contribution in [0.5, 0.6) is 0 Å². The Bertz CT molecular complexity index is 626. The van der Waals surface area contributed by atoms with Gasteiger partial charge in [-0.3, -0.25) is 0 Å². The molecule has 0 radical (unpaired) electrons. The second kappa shape index (κ2) is 7.09. The van der Waals surface area contributed by atoms with Crippen LogP contribution in [0.3, 0.4) is 0 Å². The van der Waals surface area contributed by atoms with E-state index >= 15 is 0 Å². The van der Waals surface area contributed by atoms with Crippen LogP contribution in [0.25, 0.3) is 0 Å². The molecule has 3 nitrogen and oxygen atoms in total. The number of carbonyl (C=O) groups is 1. The third kappa shape index (κ3) is 4.20. The average Bonchev–Trinajstić information content (AvgIpc) is 2.45. The van der Waals surface area contributed by atoms with Gasteiger partial charge in [-0.05, 0) is 42.8 Å². The van der Waals surface area contributed by atoms with E-state index in [9.17, 15) is 9.18 Å².